The highest BCUT2D eigenvalue weighted by atomic mass is 32.2. The molecule has 15 heavy (non-hydrogen) atoms. The van der Waals surface area contributed by atoms with Gasteiger partial charge in [0.05, 0.1) is 18.1 Å². The summed E-state index contributed by atoms with van der Waals surface area (Å²) in [6, 6.07) is 7.11. The van der Waals surface area contributed by atoms with Gasteiger partial charge in [-0.15, -0.1) is 0 Å². The van der Waals surface area contributed by atoms with Crippen LogP contribution < -0.4 is 5.73 Å². The van der Waals surface area contributed by atoms with Crippen molar-refractivity contribution < 1.29 is 13.5 Å². The van der Waals surface area contributed by atoms with E-state index < -0.39 is 9.84 Å². The summed E-state index contributed by atoms with van der Waals surface area (Å²) in [5.41, 5.74) is 7.10. The van der Waals surface area contributed by atoms with Crippen molar-refractivity contribution in [2.24, 2.45) is 0 Å². The molecule has 0 spiro atoms. The minimum absolute atomic E-state index is 0.0669. The maximum Gasteiger partial charge on any atom is 0.152 e. The summed E-state index contributed by atoms with van der Waals surface area (Å²) in [4.78, 5) is 0. The lowest BCUT2D eigenvalue weighted by molar-refractivity contribution is 0.319. The summed E-state index contributed by atoms with van der Waals surface area (Å²) in [5.74, 6) is -0.0978. The summed E-state index contributed by atoms with van der Waals surface area (Å²) in [5, 5.41) is 8.54. The van der Waals surface area contributed by atoms with E-state index in [2.05, 4.69) is 0 Å². The number of aryl methyl sites for hydroxylation is 1. The number of aliphatic hydroxyl groups excluding tert-OH is 1. The van der Waals surface area contributed by atoms with E-state index in [1.807, 2.05) is 12.1 Å². The highest BCUT2D eigenvalue weighted by molar-refractivity contribution is 7.91. The number of aliphatic hydroxyl groups is 1. The van der Waals surface area contributed by atoms with Gasteiger partial charge in [0.25, 0.3) is 0 Å². The summed E-state index contributed by atoms with van der Waals surface area (Å²) >= 11 is 0. The van der Waals surface area contributed by atoms with E-state index in [-0.39, 0.29) is 18.1 Å². The lowest BCUT2D eigenvalue weighted by atomic mass is 10.2. The van der Waals surface area contributed by atoms with Crippen molar-refractivity contribution >= 4 is 15.5 Å². The molecule has 0 radical (unpaired) electrons. The molecule has 0 amide bonds. The van der Waals surface area contributed by atoms with Crippen molar-refractivity contribution in [2.45, 2.75) is 6.42 Å². The number of nitrogens with two attached hydrogens (primary N) is 1. The molecule has 0 aliphatic rings. The fourth-order valence-corrected chi connectivity index (χ4v) is 2.23. The molecule has 1 aromatic rings. The first kappa shape index (κ1) is 12.0. The first-order valence-corrected chi connectivity index (χ1v) is 6.51. The van der Waals surface area contributed by atoms with Gasteiger partial charge in [-0.25, -0.2) is 8.42 Å². The number of benzene rings is 1. The van der Waals surface area contributed by atoms with Gasteiger partial charge in [0.15, 0.2) is 9.84 Å². The first-order chi connectivity index (χ1) is 7.03. The average Bonchev–Trinajstić information content (AvgIpc) is 2.17. The number of anilines is 1. The molecule has 0 atom stereocenters. The normalized spacial score (nSPS) is 11.5. The molecule has 0 unspecified atom stereocenters. The molecule has 0 bridgehead atoms. The van der Waals surface area contributed by atoms with Crippen LogP contribution in [0.3, 0.4) is 0 Å². The summed E-state index contributed by atoms with van der Waals surface area (Å²) in [7, 11) is -3.12. The van der Waals surface area contributed by atoms with Gasteiger partial charge in [-0.2, -0.15) is 0 Å². The second-order valence-corrected chi connectivity index (χ2v) is 5.67. The van der Waals surface area contributed by atoms with E-state index in [1.54, 1.807) is 12.1 Å². The van der Waals surface area contributed by atoms with Crippen molar-refractivity contribution in [2.75, 3.05) is 23.8 Å². The predicted octanol–water partition coefficient (Wildman–Crippen LogP) is 0.218. The molecule has 0 aliphatic heterocycles. The highest BCUT2D eigenvalue weighted by Crippen LogP contribution is 2.07. The van der Waals surface area contributed by atoms with Gasteiger partial charge in [-0.05, 0) is 24.1 Å². The van der Waals surface area contributed by atoms with Gasteiger partial charge in [0, 0.05) is 5.69 Å². The molecule has 0 saturated carbocycles. The molecule has 4 nitrogen and oxygen atoms in total. The van der Waals surface area contributed by atoms with Crippen LogP contribution in [-0.4, -0.2) is 31.6 Å². The zero-order valence-electron chi connectivity index (χ0n) is 8.39. The van der Waals surface area contributed by atoms with Crippen LogP contribution in [0.1, 0.15) is 5.56 Å². The Labute approximate surface area is 89.7 Å². The number of sulfone groups is 1. The number of rotatable bonds is 5. The molecule has 3 N–H and O–H groups in total. The molecule has 1 rings (SSSR count). The SMILES string of the molecule is Nc1ccc(CCS(=O)(=O)CCO)cc1. The third kappa shape index (κ3) is 4.31. The van der Waals surface area contributed by atoms with Crippen LogP contribution in [0.5, 0.6) is 0 Å². The molecule has 0 aliphatic carbocycles. The van der Waals surface area contributed by atoms with Crippen molar-refractivity contribution in [1.29, 1.82) is 0 Å². The fourth-order valence-electron chi connectivity index (χ4n) is 1.20. The Hall–Kier alpha value is -1.07. The first-order valence-electron chi connectivity index (χ1n) is 4.69. The van der Waals surface area contributed by atoms with Crippen molar-refractivity contribution in [3.63, 3.8) is 0 Å². The Morgan fingerprint density at radius 2 is 1.73 bits per heavy atom. The van der Waals surface area contributed by atoms with Gasteiger partial charge < -0.3 is 10.8 Å². The predicted molar refractivity (Wildman–Crippen MR) is 60.3 cm³/mol. The van der Waals surface area contributed by atoms with Crippen molar-refractivity contribution in [3.8, 4) is 0 Å². The zero-order chi connectivity index (χ0) is 11.3. The quantitative estimate of drug-likeness (QED) is 0.708. The molecular formula is C10H15NO3S. The van der Waals surface area contributed by atoms with Gasteiger partial charge in [0.1, 0.15) is 0 Å². The number of hydrogen-bond donors (Lipinski definition) is 2. The van der Waals surface area contributed by atoms with E-state index in [9.17, 15) is 8.42 Å². The Balaban J connectivity index is 2.54. The Morgan fingerprint density at radius 3 is 2.27 bits per heavy atom. The van der Waals surface area contributed by atoms with E-state index >= 15 is 0 Å². The van der Waals surface area contributed by atoms with Crippen molar-refractivity contribution in [3.05, 3.63) is 29.8 Å². The Bertz CT molecular complexity index is 397. The van der Waals surface area contributed by atoms with Crippen LogP contribution in [0.4, 0.5) is 5.69 Å². The highest BCUT2D eigenvalue weighted by Gasteiger charge is 2.09. The van der Waals surface area contributed by atoms with Crippen LogP contribution in [0, 0.1) is 0 Å². The maximum atomic E-state index is 11.3. The van der Waals surface area contributed by atoms with Gasteiger partial charge in [0.2, 0.25) is 0 Å². The smallest absolute Gasteiger partial charge is 0.152 e. The molecule has 1 aromatic carbocycles. The molecule has 0 fully saturated rings. The van der Waals surface area contributed by atoms with E-state index in [4.69, 9.17) is 10.8 Å². The summed E-state index contributed by atoms with van der Waals surface area (Å²) < 4.78 is 22.6. The standard InChI is InChI=1S/C10H15NO3S/c11-10-3-1-9(2-4-10)5-7-15(13,14)8-6-12/h1-4,12H,5-8,11H2. The van der Waals surface area contributed by atoms with E-state index in [0.717, 1.165) is 5.56 Å². The molecule has 0 saturated heterocycles. The number of nitrogen functional groups attached to an aromatic ring is 1. The molecule has 0 heterocycles. The third-order valence-corrected chi connectivity index (χ3v) is 3.71. The molecular weight excluding hydrogens is 214 g/mol. The van der Waals surface area contributed by atoms with Gasteiger partial charge >= 0.3 is 0 Å². The molecule has 0 aromatic heterocycles. The van der Waals surface area contributed by atoms with Crippen LogP contribution in [0.2, 0.25) is 0 Å². The average molecular weight is 229 g/mol. The van der Waals surface area contributed by atoms with Gasteiger partial charge in [-0.1, -0.05) is 12.1 Å². The minimum atomic E-state index is -3.12. The molecule has 84 valence electrons. The largest absolute Gasteiger partial charge is 0.399 e. The molecule has 5 heteroatoms. The Morgan fingerprint density at radius 1 is 1.13 bits per heavy atom. The lowest BCUT2D eigenvalue weighted by Crippen LogP contribution is -2.15. The van der Waals surface area contributed by atoms with Crippen LogP contribution in [0.25, 0.3) is 0 Å². The van der Waals surface area contributed by atoms with E-state index in [0.29, 0.717) is 12.1 Å². The van der Waals surface area contributed by atoms with Crippen molar-refractivity contribution in [1.82, 2.24) is 0 Å². The monoisotopic (exact) mass is 229 g/mol. The van der Waals surface area contributed by atoms with Crippen LogP contribution in [-0.2, 0) is 16.3 Å². The second kappa shape index (κ2) is 5.14. The fraction of sp³-hybridized carbons (Fsp3) is 0.400. The van der Waals surface area contributed by atoms with Gasteiger partial charge in [-0.3, -0.25) is 0 Å². The topological polar surface area (TPSA) is 80.4 Å². The third-order valence-electron chi connectivity index (χ3n) is 2.08. The van der Waals surface area contributed by atoms with Crippen LogP contribution >= 0.6 is 0 Å². The lowest BCUT2D eigenvalue weighted by Gasteiger charge is -2.03. The summed E-state index contributed by atoms with van der Waals surface area (Å²) in [6.45, 7) is -0.315. The maximum absolute atomic E-state index is 11.3. The summed E-state index contributed by atoms with van der Waals surface area (Å²) in [6.07, 6.45) is 0.461. The Kier molecular flexibility index (Phi) is 4.11. The van der Waals surface area contributed by atoms with E-state index in [1.165, 1.54) is 0 Å². The zero-order valence-corrected chi connectivity index (χ0v) is 9.20. The van der Waals surface area contributed by atoms with Crippen LogP contribution in [0.15, 0.2) is 24.3 Å². The number of hydrogen-bond acceptors (Lipinski definition) is 4. The minimum Gasteiger partial charge on any atom is -0.399 e. The second-order valence-electron chi connectivity index (χ2n) is 3.37.